The van der Waals surface area contributed by atoms with Crippen LogP contribution in [0.4, 0.5) is 0 Å². The Morgan fingerprint density at radius 1 is 1.75 bits per heavy atom. The van der Waals surface area contributed by atoms with Crippen LogP contribution in [0.2, 0.25) is 0 Å². The monoisotopic (exact) mass is 184 g/mol. The first-order chi connectivity index (χ1) is 5.86. The van der Waals surface area contributed by atoms with Gasteiger partial charge in [-0.2, -0.15) is 0 Å². The molecule has 1 rings (SSSR count). The van der Waals surface area contributed by atoms with Gasteiger partial charge in [-0.3, -0.25) is 0 Å². The molecule has 0 atom stereocenters. The van der Waals surface area contributed by atoms with Gasteiger partial charge in [0.15, 0.2) is 0 Å². The zero-order valence-electron chi connectivity index (χ0n) is 6.82. The Morgan fingerprint density at radius 2 is 2.58 bits per heavy atom. The molecule has 66 valence electrons. The molecule has 0 amide bonds. The molecule has 1 heterocycles. The lowest BCUT2D eigenvalue weighted by molar-refractivity contribution is 0.146. The summed E-state index contributed by atoms with van der Waals surface area (Å²) >= 11 is 1.57. The number of nitrogens with zero attached hydrogens (tertiary/aromatic N) is 1. The third-order valence-electron chi connectivity index (χ3n) is 1.26. The minimum atomic E-state index is 0.506. The number of aromatic nitrogens is 1. The van der Waals surface area contributed by atoms with Crippen LogP contribution in [0.5, 0.6) is 0 Å². The fourth-order valence-corrected chi connectivity index (χ4v) is 1.41. The van der Waals surface area contributed by atoms with Crippen LogP contribution < -0.4 is 5.73 Å². The van der Waals surface area contributed by atoms with E-state index in [1.165, 1.54) is 0 Å². The molecule has 0 fully saturated rings. The SMILES string of the molecule is C=CCOCc1csc(CN)n1. The summed E-state index contributed by atoms with van der Waals surface area (Å²) in [6.07, 6.45) is 1.72. The van der Waals surface area contributed by atoms with Crippen LogP contribution in [0, 0.1) is 0 Å². The van der Waals surface area contributed by atoms with Crippen molar-refractivity contribution in [1.82, 2.24) is 4.98 Å². The van der Waals surface area contributed by atoms with Gasteiger partial charge in [-0.15, -0.1) is 17.9 Å². The van der Waals surface area contributed by atoms with Crippen molar-refractivity contribution in [3.05, 3.63) is 28.7 Å². The third kappa shape index (κ3) is 2.73. The highest BCUT2D eigenvalue weighted by Crippen LogP contribution is 2.09. The molecule has 0 unspecified atom stereocenters. The summed E-state index contributed by atoms with van der Waals surface area (Å²) in [6, 6.07) is 0. The molecule has 1 aromatic heterocycles. The van der Waals surface area contributed by atoms with Crippen molar-refractivity contribution in [2.45, 2.75) is 13.2 Å². The van der Waals surface area contributed by atoms with Crippen molar-refractivity contribution in [1.29, 1.82) is 0 Å². The maximum absolute atomic E-state index is 5.41. The Balaban J connectivity index is 2.36. The van der Waals surface area contributed by atoms with Crippen molar-refractivity contribution >= 4 is 11.3 Å². The summed E-state index contributed by atoms with van der Waals surface area (Å²) in [5, 5.41) is 2.91. The Kier molecular flexibility index (Phi) is 3.93. The van der Waals surface area contributed by atoms with Crippen molar-refractivity contribution in [2.75, 3.05) is 6.61 Å². The van der Waals surface area contributed by atoms with Crippen molar-refractivity contribution in [2.24, 2.45) is 5.73 Å². The fraction of sp³-hybridized carbons (Fsp3) is 0.375. The molecule has 0 bridgehead atoms. The van der Waals surface area contributed by atoms with Gasteiger partial charge in [0.2, 0.25) is 0 Å². The summed E-state index contributed by atoms with van der Waals surface area (Å²) < 4.78 is 5.21. The molecule has 0 radical (unpaired) electrons. The second-order valence-electron chi connectivity index (χ2n) is 2.24. The Bertz CT molecular complexity index is 247. The topological polar surface area (TPSA) is 48.1 Å². The quantitative estimate of drug-likeness (QED) is 0.554. The zero-order valence-corrected chi connectivity index (χ0v) is 7.64. The molecular formula is C8H12N2OS. The van der Waals surface area contributed by atoms with E-state index in [0.29, 0.717) is 19.8 Å². The molecule has 0 spiro atoms. The first-order valence-corrected chi connectivity index (χ1v) is 4.56. The van der Waals surface area contributed by atoms with Crippen LogP contribution in [0.25, 0.3) is 0 Å². The largest absolute Gasteiger partial charge is 0.371 e. The van der Waals surface area contributed by atoms with Crippen LogP contribution in [0.15, 0.2) is 18.0 Å². The van der Waals surface area contributed by atoms with E-state index in [-0.39, 0.29) is 0 Å². The van der Waals surface area contributed by atoms with Gasteiger partial charge in [0, 0.05) is 11.9 Å². The van der Waals surface area contributed by atoms with Crippen LogP contribution in [0.3, 0.4) is 0 Å². The number of thiazole rings is 1. The molecule has 1 aromatic rings. The van der Waals surface area contributed by atoms with Gasteiger partial charge in [-0.05, 0) is 0 Å². The van der Waals surface area contributed by atoms with Gasteiger partial charge < -0.3 is 10.5 Å². The number of hydrogen-bond acceptors (Lipinski definition) is 4. The Labute approximate surface area is 75.9 Å². The molecule has 3 nitrogen and oxygen atoms in total. The van der Waals surface area contributed by atoms with E-state index >= 15 is 0 Å². The van der Waals surface area contributed by atoms with E-state index in [0.717, 1.165) is 10.7 Å². The molecule has 2 N–H and O–H groups in total. The van der Waals surface area contributed by atoms with Crippen LogP contribution >= 0.6 is 11.3 Å². The minimum Gasteiger partial charge on any atom is -0.371 e. The second kappa shape index (κ2) is 5.03. The van der Waals surface area contributed by atoms with Crippen LogP contribution in [0.1, 0.15) is 10.7 Å². The van der Waals surface area contributed by atoms with E-state index < -0.39 is 0 Å². The molecule has 0 aliphatic carbocycles. The molecule has 0 saturated carbocycles. The van der Waals surface area contributed by atoms with Gasteiger partial charge in [-0.1, -0.05) is 6.08 Å². The van der Waals surface area contributed by atoms with Crippen LogP contribution in [-0.2, 0) is 17.9 Å². The summed E-state index contributed by atoms with van der Waals surface area (Å²) in [5.74, 6) is 0. The molecule has 0 aliphatic heterocycles. The average molecular weight is 184 g/mol. The average Bonchev–Trinajstić information content (AvgIpc) is 2.53. The van der Waals surface area contributed by atoms with Crippen molar-refractivity contribution < 1.29 is 4.74 Å². The number of rotatable bonds is 5. The maximum atomic E-state index is 5.41. The number of hydrogen-bond donors (Lipinski definition) is 1. The van der Waals surface area contributed by atoms with Gasteiger partial charge >= 0.3 is 0 Å². The van der Waals surface area contributed by atoms with Crippen LogP contribution in [-0.4, -0.2) is 11.6 Å². The highest BCUT2D eigenvalue weighted by molar-refractivity contribution is 7.09. The lowest BCUT2D eigenvalue weighted by Gasteiger charge is -1.95. The zero-order chi connectivity index (χ0) is 8.81. The molecule has 4 heteroatoms. The molecule has 0 aliphatic rings. The normalized spacial score (nSPS) is 10.1. The Morgan fingerprint density at radius 3 is 3.17 bits per heavy atom. The molecule has 12 heavy (non-hydrogen) atoms. The van der Waals surface area contributed by atoms with E-state index in [4.69, 9.17) is 10.5 Å². The summed E-state index contributed by atoms with van der Waals surface area (Å²) in [5.41, 5.74) is 6.36. The summed E-state index contributed by atoms with van der Waals surface area (Å²) in [7, 11) is 0. The Hall–Kier alpha value is -0.710. The standard InChI is InChI=1S/C8H12N2OS/c1-2-3-11-5-7-6-12-8(4-9)10-7/h2,6H,1,3-5,9H2. The first kappa shape index (κ1) is 9.38. The van der Waals surface area contributed by atoms with E-state index in [1.807, 2.05) is 5.38 Å². The predicted molar refractivity (Wildman–Crippen MR) is 49.9 cm³/mol. The highest BCUT2D eigenvalue weighted by Gasteiger charge is 1.98. The summed E-state index contributed by atoms with van der Waals surface area (Å²) in [6.45, 7) is 5.17. The van der Waals surface area contributed by atoms with E-state index in [9.17, 15) is 0 Å². The third-order valence-corrected chi connectivity index (χ3v) is 2.18. The number of nitrogens with two attached hydrogens (primary N) is 1. The number of ether oxygens (including phenoxy) is 1. The first-order valence-electron chi connectivity index (χ1n) is 3.68. The van der Waals surface area contributed by atoms with E-state index in [2.05, 4.69) is 11.6 Å². The molecule has 0 saturated heterocycles. The van der Waals surface area contributed by atoms with Gasteiger partial charge in [0.25, 0.3) is 0 Å². The van der Waals surface area contributed by atoms with E-state index in [1.54, 1.807) is 17.4 Å². The summed E-state index contributed by atoms with van der Waals surface area (Å²) in [4.78, 5) is 4.23. The smallest absolute Gasteiger partial charge is 0.107 e. The van der Waals surface area contributed by atoms with Gasteiger partial charge in [0.1, 0.15) is 5.01 Å². The lowest BCUT2D eigenvalue weighted by atomic mass is 10.5. The van der Waals surface area contributed by atoms with Crippen molar-refractivity contribution in [3.63, 3.8) is 0 Å². The van der Waals surface area contributed by atoms with Crippen molar-refractivity contribution in [3.8, 4) is 0 Å². The predicted octanol–water partition coefficient (Wildman–Crippen LogP) is 1.30. The van der Waals surface area contributed by atoms with Gasteiger partial charge in [-0.25, -0.2) is 4.98 Å². The van der Waals surface area contributed by atoms with Gasteiger partial charge in [0.05, 0.1) is 18.9 Å². The molecule has 0 aromatic carbocycles. The molecular weight excluding hydrogens is 172 g/mol. The second-order valence-corrected chi connectivity index (χ2v) is 3.18. The fourth-order valence-electron chi connectivity index (χ4n) is 0.756. The minimum absolute atomic E-state index is 0.506. The lowest BCUT2D eigenvalue weighted by Crippen LogP contribution is -1.97. The maximum Gasteiger partial charge on any atom is 0.107 e. The highest BCUT2D eigenvalue weighted by atomic mass is 32.1.